The number of nitrogens with one attached hydrogen (secondary N) is 2. The van der Waals surface area contributed by atoms with Gasteiger partial charge in [0, 0.05) is 5.75 Å². The van der Waals surface area contributed by atoms with E-state index in [9.17, 15) is 4.79 Å². The van der Waals surface area contributed by atoms with Gasteiger partial charge in [0.05, 0.1) is 17.5 Å². The fourth-order valence-corrected chi connectivity index (χ4v) is 2.92. The van der Waals surface area contributed by atoms with Gasteiger partial charge in [-0.25, -0.2) is 9.89 Å². The standard InChI is InChI=1S/C10H9N5OS2/c16-10-11-9(12-13-10)5-17-4-6-1-2-7-8(3-6)15-18-14-7/h1-3H,4-5H2,(H2,11,12,13,16). The van der Waals surface area contributed by atoms with Crippen molar-refractivity contribution >= 4 is 34.5 Å². The summed E-state index contributed by atoms with van der Waals surface area (Å²) < 4.78 is 8.37. The smallest absolute Gasteiger partial charge is 0.292 e. The highest BCUT2D eigenvalue weighted by Crippen LogP contribution is 2.19. The molecule has 0 fully saturated rings. The molecule has 0 saturated carbocycles. The van der Waals surface area contributed by atoms with E-state index in [4.69, 9.17) is 0 Å². The molecule has 0 aliphatic rings. The van der Waals surface area contributed by atoms with Crippen LogP contribution < -0.4 is 5.69 Å². The molecular formula is C10H9N5OS2. The van der Waals surface area contributed by atoms with Gasteiger partial charge in [0.25, 0.3) is 0 Å². The topological polar surface area (TPSA) is 87.3 Å². The van der Waals surface area contributed by atoms with Crippen molar-refractivity contribution in [1.82, 2.24) is 23.9 Å². The van der Waals surface area contributed by atoms with Crippen LogP contribution in [-0.4, -0.2) is 23.9 Å². The number of rotatable bonds is 4. The number of hydrogen-bond donors (Lipinski definition) is 2. The predicted molar refractivity (Wildman–Crippen MR) is 71.6 cm³/mol. The summed E-state index contributed by atoms with van der Waals surface area (Å²) in [5.74, 6) is 2.19. The molecule has 0 unspecified atom stereocenters. The Morgan fingerprint density at radius 2 is 2.11 bits per heavy atom. The molecule has 0 aliphatic carbocycles. The molecule has 2 aromatic heterocycles. The Labute approximate surface area is 110 Å². The summed E-state index contributed by atoms with van der Waals surface area (Å²) in [7, 11) is 0. The van der Waals surface area contributed by atoms with Gasteiger partial charge in [-0.05, 0) is 17.7 Å². The van der Waals surface area contributed by atoms with Crippen LogP contribution in [0.1, 0.15) is 11.4 Å². The molecule has 3 aromatic rings. The van der Waals surface area contributed by atoms with Crippen LogP contribution in [0.5, 0.6) is 0 Å². The number of aromatic nitrogens is 5. The Morgan fingerprint density at radius 1 is 1.22 bits per heavy atom. The van der Waals surface area contributed by atoms with E-state index in [-0.39, 0.29) is 5.69 Å². The molecule has 3 rings (SSSR count). The van der Waals surface area contributed by atoms with E-state index in [1.165, 1.54) is 17.3 Å². The molecular weight excluding hydrogens is 270 g/mol. The normalized spacial score (nSPS) is 11.1. The summed E-state index contributed by atoms with van der Waals surface area (Å²) in [6.45, 7) is 0. The summed E-state index contributed by atoms with van der Waals surface area (Å²) in [5, 5.41) is 6.20. The van der Waals surface area contributed by atoms with Gasteiger partial charge < -0.3 is 0 Å². The summed E-state index contributed by atoms with van der Waals surface area (Å²) in [4.78, 5) is 13.5. The first-order chi connectivity index (χ1) is 8.81. The molecule has 0 radical (unpaired) electrons. The van der Waals surface area contributed by atoms with Crippen molar-refractivity contribution in [2.75, 3.05) is 0 Å². The summed E-state index contributed by atoms with van der Waals surface area (Å²) in [6.07, 6.45) is 0. The number of aromatic amines is 2. The van der Waals surface area contributed by atoms with Crippen LogP contribution in [0.3, 0.4) is 0 Å². The average molecular weight is 279 g/mol. The van der Waals surface area contributed by atoms with Crippen LogP contribution in [0, 0.1) is 0 Å². The summed E-state index contributed by atoms with van der Waals surface area (Å²) in [6, 6.07) is 6.06. The minimum absolute atomic E-state index is 0.263. The highest BCUT2D eigenvalue weighted by molar-refractivity contribution is 7.97. The third-order valence-electron chi connectivity index (χ3n) is 2.38. The van der Waals surface area contributed by atoms with Crippen LogP contribution in [0.15, 0.2) is 23.0 Å². The van der Waals surface area contributed by atoms with Crippen LogP contribution in [0.4, 0.5) is 0 Å². The zero-order chi connectivity index (χ0) is 12.4. The molecule has 8 heteroatoms. The van der Waals surface area contributed by atoms with Gasteiger partial charge in [-0.15, -0.1) is 11.8 Å². The van der Waals surface area contributed by atoms with Crippen molar-refractivity contribution in [2.45, 2.75) is 11.5 Å². The Morgan fingerprint density at radius 3 is 2.94 bits per heavy atom. The second-order valence-electron chi connectivity index (χ2n) is 3.70. The lowest BCUT2D eigenvalue weighted by Crippen LogP contribution is -2.00. The first-order valence-electron chi connectivity index (χ1n) is 5.24. The van der Waals surface area contributed by atoms with E-state index >= 15 is 0 Å². The van der Waals surface area contributed by atoms with E-state index < -0.39 is 0 Å². The molecule has 0 amide bonds. The van der Waals surface area contributed by atoms with Crippen LogP contribution in [0.2, 0.25) is 0 Å². The summed E-state index contributed by atoms with van der Waals surface area (Å²) in [5.41, 5.74) is 2.80. The molecule has 0 bridgehead atoms. The molecule has 18 heavy (non-hydrogen) atoms. The molecule has 0 aliphatic heterocycles. The minimum Gasteiger partial charge on any atom is -0.292 e. The van der Waals surface area contributed by atoms with E-state index in [1.807, 2.05) is 18.2 Å². The molecule has 0 saturated heterocycles. The monoisotopic (exact) mass is 279 g/mol. The number of H-pyrrole nitrogens is 2. The zero-order valence-electron chi connectivity index (χ0n) is 9.21. The lowest BCUT2D eigenvalue weighted by atomic mass is 10.2. The van der Waals surface area contributed by atoms with E-state index in [0.29, 0.717) is 11.6 Å². The van der Waals surface area contributed by atoms with Crippen LogP contribution >= 0.6 is 23.5 Å². The van der Waals surface area contributed by atoms with Gasteiger partial charge in [0.1, 0.15) is 16.9 Å². The quantitative estimate of drug-likeness (QED) is 0.756. The number of fused-ring (bicyclic) bond motifs is 1. The Hall–Kier alpha value is -1.67. The molecule has 6 nitrogen and oxygen atoms in total. The lowest BCUT2D eigenvalue weighted by molar-refractivity contribution is 1.01. The Kier molecular flexibility index (Phi) is 3.11. The van der Waals surface area contributed by atoms with E-state index in [0.717, 1.165) is 16.8 Å². The van der Waals surface area contributed by atoms with Gasteiger partial charge in [-0.1, -0.05) is 6.07 Å². The molecule has 92 valence electrons. The van der Waals surface area contributed by atoms with Crippen molar-refractivity contribution in [3.05, 3.63) is 40.1 Å². The number of benzene rings is 1. The maximum absolute atomic E-state index is 10.8. The Balaban J connectivity index is 1.64. The molecule has 1 aromatic carbocycles. The minimum atomic E-state index is -0.263. The molecule has 0 atom stereocenters. The second kappa shape index (κ2) is 4.91. The third-order valence-corrected chi connectivity index (χ3v) is 3.95. The zero-order valence-corrected chi connectivity index (χ0v) is 10.8. The SMILES string of the molecule is O=c1[nH]nc(CSCc2ccc3nsnc3c2)[nH]1. The van der Waals surface area contributed by atoms with Gasteiger partial charge in [0.2, 0.25) is 0 Å². The van der Waals surface area contributed by atoms with Crippen LogP contribution in [0.25, 0.3) is 11.0 Å². The third kappa shape index (κ3) is 2.44. The number of hydrogen-bond acceptors (Lipinski definition) is 6. The lowest BCUT2D eigenvalue weighted by Gasteiger charge is -1.99. The molecule has 2 N–H and O–H groups in total. The highest BCUT2D eigenvalue weighted by atomic mass is 32.2. The second-order valence-corrected chi connectivity index (χ2v) is 5.22. The predicted octanol–water partition coefficient (Wildman–Crippen LogP) is 1.54. The average Bonchev–Trinajstić information content (AvgIpc) is 2.97. The van der Waals surface area contributed by atoms with Crippen molar-refractivity contribution in [3.63, 3.8) is 0 Å². The highest BCUT2D eigenvalue weighted by Gasteiger charge is 2.02. The van der Waals surface area contributed by atoms with Crippen molar-refractivity contribution in [3.8, 4) is 0 Å². The van der Waals surface area contributed by atoms with Crippen molar-refractivity contribution in [1.29, 1.82) is 0 Å². The fourth-order valence-electron chi connectivity index (χ4n) is 1.56. The number of thioether (sulfide) groups is 1. The largest absolute Gasteiger partial charge is 0.340 e. The van der Waals surface area contributed by atoms with Gasteiger partial charge >= 0.3 is 5.69 Å². The first kappa shape index (κ1) is 11.4. The summed E-state index contributed by atoms with van der Waals surface area (Å²) >= 11 is 2.91. The van der Waals surface area contributed by atoms with Crippen molar-refractivity contribution in [2.24, 2.45) is 0 Å². The number of nitrogens with zero attached hydrogens (tertiary/aromatic N) is 3. The van der Waals surface area contributed by atoms with Gasteiger partial charge in [-0.2, -0.15) is 13.8 Å². The Bertz CT molecular complexity index is 716. The van der Waals surface area contributed by atoms with Crippen molar-refractivity contribution < 1.29 is 0 Å². The molecule has 0 spiro atoms. The maximum Gasteiger partial charge on any atom is 0.340 e. The van der Waals surface area contributed by atoms with E-state index in [1.54, 1.807) is 11.8 Å². The maximum atomic E-state index is 10.8. The van der Waals surface area contributed by atoms with Crippen LogP contribution in [-0.2, 0) is 11.5 Å². The van der Waals surface area contributed by atoms with Gasteiger partial charge in [-0.3, -0.25) is 4.98 Å². The molecule has 2 heterocycles. The fraction of sp³-hybridized carbons (Fsp3) is 0.200. The first-order valence-corrected chi connectivity index (χ1v) is 7.12. The van der Waals surface area contributed by atoms with E-state index in [2.05, 4.69) is 23.9 Å². The van der Waals surface area contributed by atoms with Gasteiger partial charge in [0.15, 0.2) is 0 Å².